The third kappa shape index (κ3) is 5.29. The van der Waals surface area contributed by atoms with Crippen LogP contribution in [0, 0.1) is 11.7 Å². The van der Waals surface area contributed by atoms with Crippen molar-refractivity contribution in [2.75, 3.05) is 0 Å². The summed E-state index contributed by atoms with van der Waals surface area (Å²) in [5.74, 6) is 0.0202. The van der Waals surface area contributed by atoms with Crippen LogP contribution in [0.4, 0.5) is 4.39 Å². The van der Waals surface area contributed by atoms with Crippen molar-refractivity contribution < 1.29 is 9.18 Å². The number of carbonyl (C=O) groups is 1. The fourth-order valence-electron chi connectivity index (χ4n) is 3.54. The zero-order chi connectivity index (χ0) is 17.6. The molecular formula is C21H26ClFN2O. The maximum absolute atomic E-state index is 14.1. The van der Waals surface area contributed by atoms with Gasteiger partial charge in [0.1, 0.15) is 5.82 Å². The molecule has 5 heteroatoms. The van der Waals surface area contributed by atoms with Gasteiger partial charge in [-0.15, -0.1) is 12.4 Å². The van der Waals surface area contributed by atoms with Gasteiger partial charge in [0.2, 0.25) is 5.91 Å². The molecule has 0 saturated heterocycles. The number of halogens is 2. The Kier molecular flexibility index (Phi) is 7.61. The Bertz CT molecular complexity index is 710. The molecule has 2 aromatic carbocycles. The van der Waals surface area contributed by atoms with Gasteiger partial charge >= 0.3 is 0 Å². The van der Waals surface area contributed by atoms with Gasteiger partial charge in [-0.1, -0.05) is 55.0 Å². The number of carbonyl (C=O) groups excluding carboxylic acids is 1. The summed E-state index contributed by atoms with van der Waals surface area (Å²) in [5.41, 5.74) is 7.71. The molecule has 26 heavy (non-hydrogen) atoms. The van der Waals surface area contributed by atoms with E-state index in [1.54, 1.807) is 23.1 Å². The first-order chi connectivity index (χ1) is 12.1. The minimum atomic E-state index is -0.272. The maximum Gasteiger partial charge on any atom is 0.223 e. The Morgan fingerprint density at radius 2 is 1.73 bits per heavy atom. The average Bonchev–Trinajstić information content (AvgIpc) is 3.02. The van der Waals surface area contributed by atoms with Crippen LogP contribution in [0.5, 0.6) is 0 Å². The monoisotopic (exact) mass is 376 g/mol. The van der Waals surface area contributed by atoms with Gasteiger partial charge in [-0.05, 0) is 30.4 Å². The highest BCUT2D eigenvalue weighted by Crippen LogP contribution is 2.28. The van der Waals surface area contributed by atoms with Gasteiger partial charge in [-0.3, -0.25) is 4.79 Å². The smallest absolute Gasteiger partial charge is 0.223 e. The summed E-state index contributed by atoms with van der Waals surface area (Å²) in [5, 5.41) is 0. The van der Waals surface area contributed by atoms with Crippen LogP contribution in [0.15, 0.2) is 54.6 Å². The van der Waals surface area contributed by atoms with E-state index in [1.807, 2.05) is 30.3 Å². The van der Waals surface area contributed by atoms with Crippen LogP contribution in [0.3, 0.4) is 0 Å². The van der Waals surface area contributed by atoms with Crippen molar-refractivity contribution in [3.8, 4) is 0 Å². The Hall–Kier alpha value is -1.91. The molecule has 3 rings (SSSR count). The molecule has 2 N–H and O–H groups in total. The second-order valence-corrected chi connectivity index (χ2v) is 6.89. The number of amides is 1. The summed E-state index contributed by atoms with van der Waals surface area (Å²) < 4.78 is 14.1. The molecule has 0 aliphatic heterocycles. The lowest BCUT2D eigenvalue weighted by molar-refractivity contribution is -0.133. The van der Waals surface area contributed by atoms with Crippen LogP contribution in [0.25, 0.3) is 0 Å². The summed E-state index contributed by atoms with van der Waals surface area (Å²) in [6.07, 6.45) is 3.53. The maximum atomic E-state index is 14.1. The molecule has 0 radical (unpaired) electrons. The summed E-state index contributed by atoms with van der Waals surface area (Å²) in [6.45, 7) is 0.762. The Morgan fingerprint density at radius 1 is 1.04 bits per heavy atom. The van der Waals surface area contributed by atoms with Gasteiger partial charge in [0.05, 0.1) is 0 Å². The zero-order valence-corrected chi connectivity index (χ0v) is 15.6. The fourth-order valence-corrected chi connectivity index (χ4v) is 3.54. The Balaban J connectivity index is 0.00000243. The molecule has 0 heterocycles. The van der Waals surface area contributed by atoms with Gasteiger partial charge in [0, 0.05) is 31.1 Å². The minimum Gasteiger partial charge on any atom is -0.334 e. The zero-order valence-electron chi connectivity index (χ0n) is 14.8. The Morgan fingerprint density at radius 3 is 2.38 bits per heavy atom. The highest BCUT2D eigenvalue weighted by atomic mass is 35.5. The van der Waals surface area contributed by atoms with E-state index in [4.69, 9.17) is 5.73 Å². The van der Waals surface area contributed by atoms with Gasteiger partial charge in [-0.25, -0.2) is 4.39 Å². The molecule has 1 fully saturated rings. The summed E-state index contributed by atoms with van der Waals surface area (Å²) >= 11 is 0. The predicted octanol–water partition coefficient (Wildman–Crippen LogP) is 4.29. The first kappa shape index (κ1) is 20.4. The summed E-state index contributed by atoms with van der Waals surface area (Å²) in [6, 6.07) is 16.6. The molecule has 2 atom stereocenters. The number of nitrogens with zero attached hydrogens (tertiary/aromatic N) is 1. The number of hydrogen-bond donors (Lipinski definition) is 1. The normalized spacial score (nSPS) is 19.0. The van der Waals surface area contributed by atoms with E-state index in [-0.39, 0.29) is 42.6 Å². The second kappa shape index (κ2) is 9.70. The van der Waals surface area contributed by atoms with E-state index in [1.165, 1.54) is 6.07 Å². The number of nitrogens with two attached hydrogens (primary N) is 1. The number of hydrogen-bond acceptors (Lipinski definition) is 2. The van der Waals surface area contributed by atoms with Gasteiger partial charge in [0.15, 0.2) is 0 Å². The summed E-state index contributed by atoms with van der Waals surface area (Å²) in [4.78, 5) is 14.7. The van der Waals surface area contributed by atoms with Crippen LogP contribution >= 0.6 is 12.4 Å². The van der Waals surface area contributed by atoms with E-state index in [9.17, 15) is 9.18 Å². The number of benzene rings is 2. The largest absolute Gasteiger partial charge is 0.334 e. The third-order valence-corrected chi connectivity index (χ3v) is 5.04. The molecule has 1 saturated carbocycles. The van der Waals surface area contributed by atoms with E-state index in [0.29, 0.717) is 18.5 Å². The lowest BCUT2D eigenvalue weighted by Crippen LogP contribution is -2.35. The quantitative estimate of drug-likeness (QED) is 0.817. The van der Waals surface area contributed by atoms with E-state index < -0.39 is 0 Å². The van der Waals surface area contributed by atoms with Crippen LogP contribution in [0.1, 0.15) is 36.8 Å². The highest BCUT2D eigenvalue weighted by Gasteiger charge is 2.28. The molecule has 0 aromatic heterocycles. The lowest BCUT2D eigenvalue weighted by Gasteiger charge is -2.26. The molecule has 1 amide bonds. The lowest BCUT2D eigenvalue weighted by atomic mass is 9.99. The van der Waals surface area contributed by atoms with Crippen molar-refractivity contribution in [3.63, 3.8) is 0 Å². The van der Waals surface area contributed by atoms with E-state index in [2.05, 4.69) is 0 Å². The van der Waals surface area contributed by atoms with Crippen molar-refractivity contribution >= 4 is 18.3 Å². The van der Waals surface area contributed by atoms with Crippen molar-refractivity contribution in [2.45, 2.75) is 44.8 Å². The van der Waals surface area contributed by atoms with Crippen LogP contribution in [0.2, 0.25) is 0 Å². The first-order valence-electron chi connectivity index (χ1n) is 8.94. The SMILES string of the molecule is Cl.N[C@@H]1CCC[C@H]1CC(=O)N(Cc1ccccc1)Cc1ccccc1F. The van der Waals surface area contributed by atoms with Crippen LogP contribution in [-0.2, 0) is 17.9 Å². The molecule has 1 aliphatic rings. The van der Waals surface area contributed by atoms with Crippen LogP contribution in [-0.4, -0.2) is 16.8 Å². The topological polar surface area (TPSA) is 46.3 Å². The van der Waals surface area contributed by atoms with Crippen molar-refractivity contribution in [1.82, 2.24) is 4.90 Å². The molecule has 0 bridgehead atoms. The average molecular weight is 377 g/mol. The minimum absolute atomic E-state index is 0. The van der Waals surface area contributed by atoms with E-state index in [0.717, 1.165) is 24.8 Å². The molecule has 0 spiro atoms. The molecule has 3 nitrogen and oxygen atoms in total. The summed E-state index contributed by atoms with van der Waals surface area (Å²) in [7, 11) is 0. The molecule has 140 valence electrons. The van der Waals surface area contributed by atoms with E-state index >= 15 is 0 Å². The first-order valence-corrected chi connectivity index (χ1v) is 8.94. The molecule has 0 unspecified atom stereocenters. The standard InChI is InChI=1S/C21H25FN2O.ClH/c22-19-11-5-4-9-18(19)15-24(14-16-7-2-1-3-8-16)21(25)13-17-10-6-12-20(17)23;/h1-5,7-9,11,17,20H,6,10,12-15,23H2;1H/t17-,20+;/m0./s1. The highest BCUT2D eigenvalue weighted by molar-refractivity contribution is 5.85. The molecule has 1 aliphatic carbocycles. The molecule has 2 aromatic rings. The van der Waals surface area contributed by atoms with Gasteiger partial charge in [-0.2, -0.15) is 0 Å². The van der Waals surface area contributed by atoms with Gasteiger partial charge in [0.25, 0.3) is 0 Å². The van der Waals surface area contributed by atoms with Crippen molar-refractivity contribution in [1.29, 1.82) is 0 Å². The Labute approximate surface area is 160 Å². The van der Waals surface area contributed by atoms with Crippen molar-refractivity contribution in [3.05, 3.63) is 71.5 Å². The second-order valence-electron chi connectivity index (χ2n) is 6.89. The van der Waals surface area contributed by atoms with Crippen LogP contribution < -0.4 is 5.73 Å². The predicted molar refractivity (Wildman–Crippen MR) is 104 cm³/mol. The fraction of sp³-hybridized carbons (Fsp3) is 0.381. The third-order valence-electron chi connectivity index (χ3n) is 5.04. The molecular weight excluding hydrogens is 351 g/mol. The van der Waals surface area contributed by atoms with Gasteiger partial charge < -0.3 is 10.6 Å². The van der Waals surface area contributed by atoms with Crippen molar-refractivity contribution in [2.24, 2.45) is 11.7 Å². The number of rotatable bonds is 6.